The first-order valence-electron chi connectivity index (χ1n) is 11.0. The van der Waals surface area contributed by atoms with Crippen LogP contribution >= 0.6 is 0 Å². The Morgan fingerprint density at radius 3 is 2.40 bits per heavy atom. The lowest BCUT2D eigenvalue weighted by Crippen LogP contribution is -2.40. The standard InChI is InChI=1S/C24H32N6/c1-4-24(2,3)30-23(26-27-28-30)22(21-10-14-25-15-11-21)29-16-12-20(13-17-29)18-19-8-6-5-7-9-19/h5-11,14-15,20,22H,4,12-13,16-18H2,1-3H3/t22-/m0/s1. The molecule has 0 N–H and O–H groups in total. The van der Waals surface area contributed by atoms with Crippen LogP contribution in [0.2, 0.25) is 0 Å². The predicted molar refractivity (Wildman–Crippen MR) is 118 cm³/mol. The van der Waals surface area contributed by atoms with E-state index in [-0.39, 0.29) is 11.6 Å². The largest absolute Gasteiger partial charge is 0.290 e. The minimum absolute atomic E-state index is 0.0477. The molecule has 0 bridgehead atoms. The van der Waals surface area contributed by atoms with E-state index < -0.39 is 0 Å². The van der Waals surface area contributed by atoms with Crippen LogP contribution < -0.4 is 0 Å². The maximum atomic E-state index is 4.51. The number of pyridine rings is 1. The van der Waals surface area contributed by atoms with Crippen LogP contribution in [0.5, 0.6) is 0 Å². The van der Waals surface area contributed by atoms with E-state index in [1.807, 2.05) is 17.1 Å². The van der Waals surface area contributed by atoms with Crippen LogP contribution in [0.3, 0.4) is 0 Å². The number of nitrogens with zero attached hydrogens (tertiary/aromatic N) is 6. The summed E-state index contributed by atoms with van der Waals surface area (Å²) in [5.41, 5.74) is 2.51. The predicted octanol–water partition coefficient (Wildman–Crippen LogP) is 4.26. The molecule has 30 heavy (non-hydrogen) atoms. The lowest BCUT2D eigenvalue weighted by molar-refractivity contribution is 0.137. The van der Waals surface area contributed by atoms with Gasteiger partial charge in [0, 0.05) is 12.4 Å². The zero-order valence-corrected chi connectivity index (χ0v) is 18.3. The van der Waals surface area contributed by atoms with Crippen molar-refractivity contribution in [3.8, 4) is 0 Å². The average Bonchev–Trinajstić information content (AvgIpc) is 3.27. The van der Waals surface area contributed by atoms with Crippen molar-refractivity contribution in [2.75, 3.05) is 13.1 Å². The van der Waals surface area contributed by atoms with Crippen LogP contribution in [0.1, 0.15) is 63.0 Å². The van der Waals surface area contributed by atoms with Crippen molar-refractivity contribution < 1.29 is 0 Å². The van der Waals surface area contributed by atoms with Crippen LogP contribution in [0, 0.1) is 5.92 Å². The first kappa shape index (κ1) is 20.7. The monoisotopic (exact) mass is 404 g/mol. The molecule has 0 amide bonds. The van der Waals surface area contributed by atoms with Crippen molar-refractivity contribution in [3.05, 3.63) is 71.8 Å². The first-order chi connectivity index (χ1) is 14.6. The number of aromatic nitrogens is 5. The zero-order valence-electron chi connectivity index (χ0n) is 18.3. The molecule has 1 fully saturated rings. The van der Waals surface area contributed by atoms with Crippen LogP contribution in [-0.2, 0) is 12.0 Å². The molecule has 1 aliphatic heterocycles. The summed E-state index contributed by atoms with van der Waals surface area (Å²) in [6.07, 6.45) is 8.24. The summed E-state index contributed by atoms with van der Waals surface area (Å²) in [6, 6.07) is 15.1. The third kappa shape index (κ3) is 4.43. The second kappa shape index (κ2) is 9.04. The number of hydrogen-bond acceptors (Lipinski definition) is 5. The minimum Gasteiger partial charge on any atom is -0.290 e. The molecule has 0 radical (unpaired) electrons. The van der Waals surface area contributed by atoms with Crippen molar-refractivity contribution in [2.24, 2.45) is 5.92 Å². The van der Waals surface area contributed by atoms with Gasteiger partial charge in [-0.25, -0.2) is 4.68 Å². The molecule has 3 aromatic rings. The highest BCUT2D eigenvalue weighted by atomic mass is 15.6. The van der Waals surface area contributed by atoms with Gasteiger partial charge in [-0.1, -0.05) is 37.3 Å². The Bertz CT molecular complexity index is 913. The highest BCUT2D eigenvalue weighted by Gasteiger charge is 2.34. The van der Waals surface area contributed by atoms with Gasteiger partial charge in [-0.2, -0.15) is 0 Å². The van der Waals surface area contributed by atoms with Crippen molar-refractivity contribution in [2.45, 2.75) is 58.0 Å². The summed E-state index contributed by atoms with van der Waals surface area (Å²) in [5.74, 6) is 1.65. The smallest absolute Gasteiger partial charge is 0.173 e. The fourth-order valence-electron chi connectivity index (χ4n) is 4.38. The van der Waals surface area contributed by atoms with Crippen LogP contribution in [0.25, 0.3) is 0 Å². The van der Waals surface area contributed by atoms with Gasteiger partial charge in [-0.15, -0.1) is 5.10 Å². The van der Waals surface area contributed by atoms with E-state index in [4.69, 9.17) is 0 Å². The molecular weight excluding hydrogens is 372 g/mol. The summed E-state index contributed by atoms with van der Waals surface area (Å²) in [4.78, 5) is 6.77. The third-order valence-corrected chi connectivity index (χ3v) is 6.58. The Morgan fingerprint density at radius 2 is 1.73 bits per heavy atom. The third-order valence-electron chi connectivity index (χ3n) is 6.58. The molecule has 6 nitrogen and oxygen atoms in total. The van der Waals surface area contributed by atoms with E-state index in [0.29, 0.717) is 0 Å². The highest BCUT2D eigenvalue weighted by molar-refractivity contribution is 5.23. The van der Waals surface area contributed by atoms with Gasteiger partial charge in [0.15, 0.2) is 5.82 Å². The van der Waals surface area contributed by atoms with Crippen molar-refractivity contribution in [1.29, 1.82) is 0 Å². The lowest BCUT2D eigenvalue weighted by atomic mass is 9.89. The van der Waals surface area contributed by atoms with Crippen LogP contribution in [-0.4, -0.2) is 43.2 Å². The first-order valence-corrected chi connectivity index (χ1v) is 11.0. The van der Waals surface area contributed by atoms with Gasteiger partial charge in [0.1, 0.15) is 0 Å². The average molecular weight is 405 g/mol. The maximum absolute atomic E-state index is 4.51. The summed E-state index contributed by atoms with van der Waals surface area (Å²) < 4.78 is 2.02. The van der Waals surface area contributed by atoms with Gasteiger partial charge in [0.25, 0.3) is 0 Å². The Hall–Kier alpha value is -2.60. The fourth-order valence-corrected chi connectivity index (χ4v) is 4.38. The molecular formula is C24H32N6. The second-order valence-electron chi connectivity index (χ2n) is 8.97. The van der Waals surface area contributed by atoms with E-state index in [1.54, 1.807) is 0 Å². The fraction of sp³-hybridized carbons (Fsp3) is 0.500. The van der Waals surface area contributed by atoms with Gasteiger partial charge in [0.05, 0.1) is 11.6 Å². The summed E-state index contributed by atoms with van der Waals surface area (Å²) in [7, 11) is 0. The molecule has 4 rings (SSSR count). The number of benzene rings is 1. The molecule has 0 aliphatic carbocycles. The van der Waals surface area contributed by atoms with Gasteiger partial charge < -0.3 is 0 Å². The zero-order chi connectivity index (χ0) is 21.0. The number of tetrazole rings is 1. The number of hydrogen-bond donors (Lipinski definition) is 0. The van der Waals surface area contributed by atoms with Gasteiger partial charge in [-0.3, -0.25) is 9.88 Å². The second-order valence-corrected chi connectivity index (χ2v) is 8.97. The summed E-state index contributed by atoms with van der Waals surface area (Å²) >= 11 is 0. The molecule has 0 unspecified atom stereocenters. The number of likely N-dealkylation sites (tertiary alicyclic amines) is 1. The Morgan fingerprint density at radius 1 is 1.03 bits per heavy atom. The molecule has 0 saturated carbocycles. The van der Waals surface area contributed by atoms with E-state index in [1.165, 1.54) is 24.0 Å². The Balaban J connectivity index is 1.56. The van der Waals surface area contributed by atoms with E-state index in [0.717, 1.165) is 37.7 Å². The molecule has 1 aliphatic rings. The van der Waals surface area contributed by atoms with Crippen LogP contribution in [0.15, 0.2) is 54.9 Å². The molecule has 0 spiro atoms. The quantitative estimate of drug-likeness (QED) is 0.589. The highest BCUT2D eigenvalue weighted by Crippen LogP contribution is 2.34. The molecule has 1 aromatic carbocycles. The normalized spacial score (nSPS) is 17.2. The molecule has 3 heterocycles. The van der Waals surface area contributed by atoms with Crippen molar-refractivity contribution in [3.63, 3.8) is 0 Å². The Labute approximate surface area is 179 Å². The van der Waals surface area contributed by atoms with Gasteiger partial charge in [-0.05, 0) is 92.2 Å². The van der Waals surface area contributed by atoms with Crippen LogP contribution in [0.4, 0.5) is 0 Å². The number of rotatable bonds is 7. The minimum atomic E-state index is -0.129. The molecule has 2 aromatic heterocycles. The summed E-state index contributed by atoms with van der Waals surface area (Å²) in [6.45, 7) is 8.67. The molecule has 1 saturated heterocycles. The Kier molecular flexibility index (Phi) is 6.23. The van der Waals surface area contributed by atoms with Gasteiger partial charge >= 0.3 is 0 Å². The lowest BCUT2D eigenvalue weighted by Gasteiger charge is -2.38. The SMILES string of the molecule is CCC(C)(C)n1nnnc1[C@H](c1ccncc1)N1CCC(Cc2ccccc2)CC1. The van der Waals surface area contributed by atoms with E-state index in [2.05, 4.69) is 88.6 Å². The molecule has 1 atom stereocenters. The molecule has 6 heteroatoms. The maximum Gasteiger partial charge on any atom is 0.173 e. The van der Waals surface area contributed by atoms with Crippen molar-refractivity contribution >= 4 is 0 Å². The van der Waals surface area contributed by atoms with E-state index >= 15 is 0 Å². The van der Waals surface area contributed by atoms with Crippen molar-refractivity contribution in [1.82, 2.24) is 30.1 Å². The number of piperidine rings is 1. The molecule has 158 valence electrons. The summed E-state index contributed by atoms with van der Waals surface area (Å²) in [5, 5.41) is 13.0. The topological polar surface area (TPSA) is 59.7 Å². The van der Waals surface area contributed by atoms with E-state index in [9.17, 15) is 0 Å². The van der Waals surface area contributed by atoms with Gasteiger partial charge in [0.2, 0.25) is 0 Å².